The molecule has 4 nitrogen and oxygen atoms in total. The normalized spacial score (nSPS) is 24.4. The smallest absolute Gasteiger partial charge is 0.245 e. The zero-order chi connectivity index (χ0) is 12.3. The maximum absolute atomic E-state index is 12.1. The van der Waals surface area contributed by atoms with Crippen LogP contribution in [0.5, 0.6) is 0 Å². The maximum Gasteiger partial charge on any atom is 0.245 e. The predicted molar refractivity (Wildman–Crippen MR) is 65.9 cm³/mol. The molecule has 2 aliphatic heterocycles. The molecule has 0 saturated carbocycles. The van der Waals surface area contributed by atoms with Crippen LogP contribution in [0.2, 0.25) is 0 Å². The van der Waals surface area contributed by atoms with Crippen molar-refractivity contribution in [2.45, 2.75) is 38.1 Å². The molecule has 1 atom stereocenters. The van der Waals surface area contributed by atoms with Crippen molar-refractivity contribution in [3.8, 4) is 0 Å². The Labute approximate surface area is 107 Å². The highest BCUT2D eigenvalue weighted by molar-refractivity contribution is 6.17. The number of alkyl halides is 1. The summed E-state index contributed by atoms with van der Waals surface area (Å²) in [5.74, 6) is 0.931. The van der Waals surface area contributed by atoms with Gasteiger partial charge >= 0.3 is 0 Å². The second-order valence-corrected chi connectivity index (χ2v) is 5.13. The maximum atomic E-state index is 12.1. The van der Waals surface area contributed by atoms with E-state index < -0.39 is 0 Å². The van der Waals surface area contributed by atoms with Crippen LogP contribution in [0.25, 0.3) is 0 Å². The van der Waals surface area contributed by atoms with E-state index in [2.05, 4.69) is 0 Å². The van der Waals surface area contributed by atoms with Gasteiger partial charge in [-0.15, -0.1) is 11.6 Å². The summed E-state index contributed by atoms with van der Waals surface area (Å²) in [4.78, 5) is 27.4. The molecule has 2 saturated heterocycles. The van der Waals surface area contributed by atoms with Crippen LogP contribution in [0.4, 0.5) is 0 Å². The predicted octanol–water partition coefficient (Wildman–Crippen LogP) is 1.23. The minimum atomic E-state index is -0.163. The number of hydrogen-bond acceptors (Lipinski definition) is 2. The first kappa shape index (κ1) is 12.7. The molecule has 2 heterocycles. The van der Waals surface area contributed by atoms with Crippen molar-refractivity contribution in [3.63, 3.8) is 0 Å². The Bertz CT molecular complexity index is 309. The van der Waals surface area contributed by atoms with E-state index in [1.165, 1.54) is 0 Å². The van der Waals surface area contributed by atoms with Gasteiger partial charge < -0.3 is 9.80 Å². The highest BCUT2D eigenvalue weighted by Crippen LogP contribution is 2.23. The number of unbranched alkanes of at least 4 members (excludes halogenated alkanes) is 2. The molecule has 0 radical (unpaired) electrons. The van der Waals surface area contributed by atoms with Gasteiger partial charge in [-0.1, -0.05) is 6.42 Å². The Morgan fingerprint density at radius 1 is 1.24 bits per heavy atom. The minimum Gasteiger partial charge on any atom is -0.332 e. The first-order valence-electron chi connectivity index (χ1n) is 6.38. The zero-order valence-electron chi connectivity index (χ0n) is 10.0. The van der Waals surface area contributed by atoms with E-state index in [1.54, 1.807) is 9.80 Å². The van der Waals surface area contributed by atoms with E-state index in [9.17, 15) is 9.59 Å². The lowest BCUT2D eigenvalue weighted by atomic mass is 10.1. The fraction of sp³-hybridized carbons (Fsp3) is 0.833. The number of carbonyl (C=O) groups is 2. The zero-order valence-corrected chi connectivity index (χ0v) is 10.8. The number of piperazine rings is 1. The highest BCUT2D eigenvalue weighted by atomic mass is 35.5. The van der Waals surface area contributed by atoms with Crippen molar-refractivity contribution in [1.82, 2.24) is 9.80 Å². The van der Waals surface area contributed by atoms with Crippen LogP contribution >= 0.6 is 11.6 Å². The molecule has 1 unspecified atom stereocenters. The minimum absolute atomic E-state index is 0.115. The van der Waals surface area contributed by atoms with E-state index in [4.69, 9.17) is 11.6 Å². The Balaban J connectivity index is 1.86. The lowest BCUT2D eigenvalue weighted by Crippen LogP contribution is -2.57. The number of fused-ring (bicyclic) bond motifs is 1. The molecule has 2 aliphatic rings. The van der Waals surface area contributed by atoms with Crippen molar-refractivity contribution in [3.05, 3.63) is 0 Å². The molecule has 0 aromatic rings. The van der Waals surface area contributed by atoms with E-state index in [0.29, 0.717) is 12.4 Å². The Kier molecular flexibility index (Phi) is 4.26. The molecule has 2 rings (SSSR count). The number of hydrogen-bond donors (Lipinski definition) is 0. The summed E-state index contributed by atoms with van der Waals surface area (Å²) in [5, 5.41) is 0. The van der Waals surface area contributed by atoms with Crippen LogP contribution in [-0.2, 0) is 9.59 Å². The van der Waals surface area contributed by atoms with E-state index in [-0.39, 0.29) is 24.4 Å². The largest absolute Gasteiger partial charge is 0.332 e. The quantitative estimate of drug-likeness (QED) is 0.550. The molecule has 2 amide bonds. The van der Waals surface area contributed by atoms with Gasteiger partial charge in [0.2, 0.25) is 11.8 Å². The van der Waals surface area contributed by atoms with Crippen molar-refractivity contribution < 1.29 is 9.59 Å². The molecular formula is C12H19ClN2O2. The van der Waals surface area contributed by atoms with E-state index in [1.807, 2.05) is 0 Å². The molecule has 0 aromatic carbocycles. The van der Waals surface area contributed by atoms with Gasteiger partial charge in [0.25, 0.3) is 0 Å². The van der Waals surface area contributed by atoms with Crippen molar-refractivity contribution in [2.24, 2.45) is 0 Å². The average molecular weight is 259 g/mol. The van der Waals surface area contributed by atoms with Gasteiger partial charge in [-0.2, -0.15) is 0 Å². The van der Waals surface area contributed by atoms with Gasteiger partial charge in [-0.25, -0.2) is 0 Å². The molecule has 2 fully saturated rings. The molecule has 0 aliphatic carbocycles. The molecular weight excluding hydrogens is 240 g/mol. The number of rotatable bonds is 5. The van der Waals surface area contributed by atoms with Gasteiger partial charge in [-0.3, -0.25) is 9.59 Å². The first-order valence-corrected chi connectivity index (χ1v) is 6.91. The van der Waals surface area contributed by atoms with Crippen LogP contribution < -0.4 is 0 Å². The Hall–Kier alpha value is -0.770. The summed E-state index contributed by atoms with van der Waals surface area (Å²) < 4.78 is 0. The van der Waals surface area contributed by atoms with Gasteiger partial charge in [-0.05, 0) is 25.7 Å². The number of carbonyl (C=O) groups excluding carboxylic acids is 2. The molecule has 0 aromatic heterocycles. The standard InChI is InChI=1S/C12H19ClN2O2/c13-6-2-1-3-7-14-9-11(16)15-8-4-5-10(15)12(14)17/h10H,1-9H2. The third kappa shape index (κ3) is 2.73. The summed E-state index contributed by atoms with van der Waals surface area (Å²) in [7, 11) is 0. The van der Waals surface area contributed by atoms with Crippen molar-refractivity contribution in [2.75, 3.05) is 25.5 Å². The second kappa shape index (κ2) is 5.71. The lowest BCUT2D eigenvalue weighted by Gasteiger charge is -2.36. The van der Waals surface area contributed by atoms with Crippen molar-refractivity contribution >= 4 is 23.4 Å². The van der Waals surface area contributed by atoms with Gasteiger partial charge in [0, 0.05) is 19.0 Å². The third-order valence-electron chi connectivity index (χ3n) is 3.56. The second-order valence-electron chi connectivity index (χ2n) is 4.75. The van der Waals surface area contributed by atoms with Crippen molar-refractivity contribution in [1.29, 1.82) is 0 Å². The highest BCUT2D eigenvalue weighted by Gasteiger charge is 2.41. The monoisotopic (exact) mass is 258 g/mol. The molecule has 0 spiro atoms. The fourth-order valence-corrected chi connectivity index (χ4v) is 2.82. The van der Waals surface area contributed by atoms with E-state index in [0.717, 1.165) is 38.6 Å². The third-order valence-corrected chi connectivity index (χ3v) is 3.82. The average Bonchev–Trinajstić information content (AvgIpc) is 2.80. The first-order chi connectivity index (χ1) is 8.24. The van der Waals surface area contributed by atoms with Crippen LogP contribution in [0, 0.1) is 0 Å². The number of nitrogens with zero attached hydrogens (tertiary/aromatic N) is 2. The molecule has 5 heteroatoms. The van der Waals surface area contributed by atoms with Crippen LogP contribution in [0.1, 0.15) is 32.1 Å². The van der Waals surface area contributed by atoms with Gasteiger partial charge in [0.1, 0.15) is 6.04 Å². The number of amides is 2. The summed E-state index contributed by atoms with van der Waals surface area (Å²) in [6, 6.07) is -0.163. The summed E-state index contributed by atoms with van der Waals surface area (Å²) >= 11 is 5.61. The summed E-state index contributed by atoms with van der Waals surface area (Å²) in [5.41, 5.74) is 0. The Morgan fingerprint density at radius 3 is 2.82 bits per heavy atom. The summed E-state index contributed by atoms with van der Waals surface area (Å²) in [6.45, 7) is 1.73. The van der Waals surface area contributed by atoms with Crippen LogP contribution in [-0.4, -0.2) is 53.2 Å². The van der Waals surface area contributed by atoms with Crippen LogP contribution in [0.15, 0.2) is 0 Å². The fourth-order valence-electron chi connectivity index (χ4n) is 2.63. The molecule has 96 valence electrons. The van der Waals surface area contributed by atoms with Gasteiger partial charge in [0.05, 0.1) is 6.54 Å². The Morgan fingerprint density at radius 2 is 2.06 bits per heavy atom. The topological polar surface area (TPSA) is 40.6 Å². The molecule has 0 N–H and O–H groups in total. The molecule has 0 bridgehead atoms. The van der Waals surface area contributed by atoms with E-state index >= 15 is 0 Å². The SMILES string of the molecule is O=C1C2CCCN2C(=O)CN1CCCCCCl. The van der Waals surface area contributed by atoms with Gasteiger partial charge in [0.15, 0.2) is 0 Å². The molecule has 17 heavy (non-hydrogen) atoms. The van der Waals surface area contributed by atoms with Crippen LogP contribution in [0.3, 0.4) is 0 Å². The summed E-state index contributed by atoms with van der Waals surface area (Å²) in [6.07, 6.45) is 4.74. The lowest BCUT2D eigenvalue weighted by molar-refractivity contribution is -0.153. The number of halogens is 1.